The summed E-state index contributed by atoms with van der Waals surface area (Å²) in [4.78, 5) is 153. The molecule has 0 spiro atoms. The third-order valence-electron chi connectivity index (χ3n) is 14.2. The number of carbonyl (C=O) groups excluding carboxylic acids is 9. The van der Waals surface area contributed by atoms with E-state index >= 15 is 0 Å². The summed E-state index contributed by atoms with van der Waals surface area (Å²) >= 11 is 1.25. The molecule has 32 nitrogen and oxygen atoms in total. The van der Waals surface area contributed by atoms with Crippen LogP contribution < -0.4 is 72.0 Å². The molecule has 4 heterocycles. The van der Waals surface area contributed by atoms with Crippen LogP contribution in [0.25, 0.3) is 0 Å². The van der Waals surface area contributed by atoms with Gasteiger partial charge in [0.25, 0.3) is 0 Å². The maximum absolute atomic E-state index is 14.4. The van der Waals surface area contributed by atoms with Gasteiger partial charge >= 0.3 is 5.97 Å². The number of likely N-dealkylation sites (tertiary alicyclic amines) is 2. The Morgan fingerprint density at radius 3 is 1.93 bits per heavy atom. The molecule has 5 rings (SSSR count). The molecule has 1 aromatic carbocycles. The number of β-amino-alcohol motifs (C(OH)–C–C–N with tert-alkyl or cyclic N) is 1. The molecule has 2 fully saturated rings. The summed E-state index contributed by atoms with van der Waals surface area (Å²) in [6.45, 7) is -2.08. The number of hydrogen-bond donors (Lipinski definition) is 16. The van der Waals surface area contributed by atoms with Crippen molar-refractivity contribution in [3.63, 3.8) is 0 Å². The second-order valence-electron chi connectivity index (χ2n) is 20.7. The Kier molecular flexibility index (Phi) is 26.0. The van der Waals surface area contributed by atoms with Gasteiger partial charge in [0.05, 0.1) is 31.8 Å². The lowest BCUT2D eigenvalue weighted by Crippen LogP contribution is -2.59. The predicted molar refractivity (Wildman–Crippen MR) is 310 cm³/mol. The van der Waals surface area contributed by atoms with Gasteiger partial charge in [-0.1, -0.05) is 30.3 Å². The van der Waals surface area contributed by atoms with Crippen LogP contribution in [0.3, 0.4) is 0 Å². The number of amides is 9. The first kappa shape index (κ1) is 67.1. The third kappa shape index (κ3) is 20.9. The van der Waals surface area contributed by atoms with Crippen molar-refractivity contribution >= 4 is 88.3 Å². The van der Waals surface area contributed by atoms with Crippen molar-refractivity contribution in [2.24, 2.45) is 55.1 Å². The lowest BCUT2D eigenvalue weighted by Gasteiger charge is -2.33. The zero-order chi connectivity index (χ0) is 62.3. The van der Waals surface area contributed by atoms with Crippen LogP contribution in [0.2, 0.25) is 0 Å². The number of carboxylic acid groups (broad SMARTS) is 1. The zero-order valence-corrected chi connectivity index (χ0v) is 47.8. The number of nitrogens with one attached hydrogen (secondary N) is 6. The number of aliphatic hydroxyl groups excluding tert-OH is 2. The van der Waals surface area contributed by atoms with Crippen LogP contribution >= 0.6 is 11.3 Å². The summed E-state index contributed by atoms with van der Waals surface area (Å²) in [7, 11) is 0. The largest absolute Gasteiger partial charge is 0.480 e. The summed E-state index contributed by atoms with van der Waals surface area (Å²) in [6, 6.07) is -0.0853. The summed E-state index contributed by atoms with van der Waals surface area (Å²) in [5, 5.41) is 47.9. The molecule has 23 N–H and O–H groups in total. The maximum atomic E-state index is 14.4. The quantitative estimate of drug-likeness (QED) is 0.0189. The van der Waals surface area contributed by atoms with Gasteiger partial charge < -0.3 is 102 Å². The number of carbonyl (C=O) groups is 10. The highest BCUT2D eigenvalue weighted by molar-refractivity contribution is 7.09. The number of aliphatic hydroxyl groups is 2. The van der Waals surface area contributed by atoms with E-state index in [0.717, 1.165) is 9.80 Å². The van der Waals surface area contributed by atoms with Crippen molar-refractivity contribution in [1.82, 2.24) is 46.6 Å². The SMILES string of the molecule is NC(N)=NCCC[C@@H](N)C(=O)N[C@@H](CCCN=C(N)N)C(=O)N1CCC[C@H]1C(=O)N1C[C@H](O)C[C@H]1C(=O)NCC(=O)N[C@@H](Cc1cccs1)C(=O)N[C@@H](CO)C(=O)N[C@H]1Cc2ccccc2CN(CC(=O)N[C@@H](CCCN=C(N)N)C(=O)O)C1=O. The fourth-order valence-corrected chi connectivity index (χ4v) is 10.7. The summed E-state index contributed by atoms with van der Waals surface area (Å²) in [5.74, 6) is -8.87. The zero-order valence-electron chi connectivity index (χ0n) is 46.9. The number of fused-ring (bicyclic) bond motifs is 1. The summed E-state index contributed by atoms with van der Waals surface area (Å²) in [6.07, 6.45) is 0.0884. The molecule has 0 radical (unpaired) electrons. The standard InChI is InChI=1S/C52H79N19O13S/c53-32(11-3-15-60-50(54)55)42(76)66-33(12-4-16-61-51(56)57)47(81)70-18-6-14-38(70)48(82)71-25-30(73)21-39(71)45(79)63-23-40(74)65-35(22-31-10-7-19-85-31)43(77)68-37(27-72)44(78)67-36-20-28-8-1-2-9-29(28)24-69(46(36)80)26-41(75)64-34(49(83)84)13-5-17-62-52(58)59/h1-2,7-10,19,30,32-39,72-73H,3-6,11-18,20-27,53H2,(H,63,79)(H,64,75)(H,65,74)(H,66,76)(H,67,78)(H,68,77)(H,83,84)(H4,54,55,60)(H4,56,57,61)(H4,58,59,62)/t30-,32-,33+,34+,35+,36+,37+,38+,39+/m1/s1. The first-order valence-corrected chi connectivity index (χ1v) is 28.5. The van der Waals surface area contributed by atoms with Gasteiger partial charge in [0, 0.05) is 63.4 Å². The highest BCUT2D eigenvalue weighted by atomic mass is 32.1. The smallest absolute Gasteiger partial charge is 0.326 e. The number of benzene rings is 1. The molecular formula is C52H79N19O13S. The maximum Gasteiger partial charge on any atom is 0.326 e. The van der Waals surface area contributed by atoms with Crippen molar-refractivity contribution in [2.45, 2.75) is 132 Å². The molecule has 85 heavy (non-hydrogen) atoms. The van der Waals surface area contributed by atoms with E-state index in [2.05, 4.69) is 46.9 Å². The molecule has 0 unspecified atom stereocenters. The summed E-state index contributed by atoms with van der Waals surface area (Å²) < 4.78 is 0. The van der Waals surface area contributed by atoms with Crippen molar-refractivity contribution in [3.8, 4) is 0 Å². The van der Waals surface area contributed by atoms with Gasteiger partial charge in [-0.25, -0.2) is 4.79 Å². The number of hydrogen-bond acceptors (Lipinski definition) is 17. The average molecular weight is 1210 g/mol. The molecule has 33 heteroatoms. The number of thiophene rings is 1. The molecular weight excluding hydrogens is 1130 g/mol. The molecule has 0 saturated carbocycles. The second-order valence-corrected chi connectivity index (χ2v) is 21.7. The topological polar surface area (TPSA) is 533 Å². The van der Waals surface area contributed by atoms with Crippen molar-refractivity contribution in [2.75, 3.05) is 52.4 Å². The fraction of sp³-hybridized carbons (Fsp3) is 0.558. The van der Waals surface area contributed by atoms with Crippen LogP contribution in [0.5, 0.6) is 0 Å². The Morgan fingerprint density at radius 1 is 0.706 bits per heavy atom. The van der Waals surface area contributed by atoms with Gasteiger partial charge in [0.15, 0.2) is 17.9 Å². The minimum atomic E-state index is -1.69. The minimum Gasteiger partial charge on any atom is -0.480 e. The second kappa shape index (κ2) is 33.0. The average Bonchev–Trinajstić information content (AvgIpc) is 2.77. The lowest BCUT2D eigenvalue weighted by atomic mass is 10.0. The summed E-state index contributed by atoms with van der Waals surface area (Å²) in [5.41, 5.74) is 39.8. The number of aliphatic imine (C=N–C) groups is 3. The van der Waals surface area contributed by atoms with E-state index in [0.29, 0.717) is 28.8 Å². The number of guanidine groups is 3. The van der Waals surface area contributed by atoms with Crippen LogP contribution in [0.15, 0.2) is 56.8 Å². The van der Waals surface area contributed by atoms with E-state index in [9.17, 15) is 63.3 Å². The number of nitrogens with zero attached hydrogens (tertiary/aromatic N) is 6. The Labute approximate surface area is 493 Å². The molecule has 0 aliphatic carbocycles. The van der Waals surface area contributed by atoms with Crippen molar-refractivity contribution in [1.29, 1.82) is 0 Å². The molecule has 1 aromatic heterocycles. The first-order chi connectivity index (χ1) is 40.4. The molecule has 3 aliphatic heterocycles. The fourth-order valence-electron chi connectivity index (χ4n) is 9.93. The molecule has 466 valence electrons. The van der Waals surface area contributed by atoms with Crippen LogP contribution in [0.1, 0.15) is 73.8 Å². The van der Waals surface area contributed by atoms with E-state index in [-0.39, 0.29) is 115 Å². The Hall–Kier alpha value is -8.69. The molecule has 2 saturated heterocycles. The molecule has 9 amide bonds. The molecule has 0 bridgehead atoms. The predicted octanol–water partition coefficient (Wildman–Crippen LogP) is -7.07. The van der Waals surface area contributed by atoms with Gasteiger partial charge in [0.2, 0.25) is 53.2 Å². The van der Waals surface area contributed by atoms with E-state index < -0.39 is 133 Å². The normalized spacial score (nSPS) is 19.0. The van der Waals surface area contributed by atoms with Gasteiger partial charge in [-0.2, -0.15) is 0 Å². The van der Waals surface area contributed by atoms with Crippen molar-refractivity contribution < 1.29 is 63.3 Å². The van der Waals surface area contributed by atoms with Crippen LogP contribution in [-0.2, 0) is 67.3 Å². The van der Waals surface area contributed by atoms with E-state index in [4.69, 9.17) is 40.1 Å². The van der Waals surface area contributed by atoms with Gasteiger partial charge in [-0.05, 0) is 73.9 Å². The van der Waals surface area contributed by atoms with E-state index in [1.807, 2.05) is 0 Å². The van der Waals surface area contributed by atoms with Crippen LogP contribution in [0.4, 0.5) is 0 Å². The number of aliphatic carboxylic acids is 1. The Morgan fingerprint density at radius 2 is 1.32 bits per heavy atom. The van der Waals surface area contributed by atoms with E-state index in [1.165, 1.54) is 16.2 Å². The molecule has 2 aromatic rings. The van der Waals surface area contributed by atoms with Crippen molar-refractivity contribution in [3.05, 3.63) is 57.8 Å². The highest BCUT2D eigenvalue weighted by Crippen LogP contribution is 2.27. The lowest BCUT2D eigenvalue weighted by molar-refractivity contribution is -0.148. The number of rotatable bonds is 31. The number of nitrogens with two attached hydrogens (primary N) is 7. The molecule has 3 aliphatic rings. The van der Waals surface area contributed by atoms with Gasteiger partial charge in [-0.15, -0.1) is 11.3 Å². The van der Waals surface area contributed by atoms with Gasteiger partial charge in [-0.3, -0.25) is 58.1 Å². The Balaban J connectivity index is 1.22. The van der Waals surface area contributed by atoms with Gasteiger partial charge in [0.1, 0.15) is 42.3 Å². The van der Waals surface area contributed by atoms with Crippen LogP contribution in [-0.4, -0.2) is 214 Å². The van der Waals surface area contributed by atoms with E-state index in [1.54, 1.807) is 41.8 Å². The minimum absolute atomic E-state index is 0.0275. The molecule has 9 atom stereocenters. The highest BCUT2D eigenvalue weighted by Gasteiger charge is 2.46. The third-order valence-corrected chi connectivity index (χ3v) is 15.1. The monoisotopic (exact) mass is 1210 g/mol. The first-order valence-electron chi connectivity index (χ1n) is 27.7. The van der Waals surface area contributed by atoms with Crippen LogP contribution in [0, 0.1) is 0 Å². The number of carboxylic acids is 1. The Bertz CT molecular complexity index is 2770.